The summed E-state index contributed by atoms with van der Waals surface area (Å²) >= 11 is 6.05. The molecule has 0 spiro atoms. The first-order valence-electron chi connectivity index (χ1n) is 7.57. The van der Waals surface area contributed by atoms with Gasteiger partial charge in [0.25, 0.3) is 0 Å². The number of aliphatic imine (C=N–C) groups is 1. The number of benzene rings is 1. The largest absolute Gasteiger partial charge is 0.352 e. The van der Waals surface area contributed by atoms with E-state index in [2.05, 4.69) is 33.3 Å². The van der Waals surface area contributed by atoms with Crippen LogP contribution in [-0.2, 0) is 20.1 Å². The molecule has 0 saturated carbocycles. The van der Waals surface area contributed by atoms with Crippen LogP contribution in [0.25, 0.3) is 0 Å². The van der Waals surface area contributed by atoms with Gasteiger partial charge in [0, 0.05) is 50.5 Å². The summed E-state index contributed by atoms with van der Waals surface area (Å²) in [6.45, 7) is 5.56. The zero-order chi connectivity index (χ0) is 17.0. The van der Waals surface area contributed by atoms with Gasteiger partial charge in [-0.15, -0.1) is 0 Å². The third kappa shape index (κ3) is 4.26. The first-order chi connectivity index (χ1) is 10.9. The maximum Gasteiger partial charge on any atom is 0.193 e. The van der Waals surface area contributed by atoms with Gasteiger partial charge < -0.3 is 10.2 Å². The zero-order valence-corrected chi connectivity index (χ0v) is 15.1. The van der Waals surface area contributed by atoms with Crippen molar-refractivity contribution >= 4 is 17.6 Å². The highest BCUT2D eigenvalue weighted by atomic mass is 35.5. The van der Waals surface area contributed by atoms with Crippen LogP contribution in [0.5, 0.6) is 0 Å². The summed E-state index contributed by atoms with van der Waals surface area (Å²) in [7, 11) is 5.77. The first-order valence-corrected chi connectivity index (χ1v) is 7.95. The van der Waals surface area contributed by atoms with Gasteiger partial charge in [0.2, 0.25) is 0 Å². The molecule has 2 rings (SSSR count). The molecule has 0 bridgehead atoms. The molecule has 0 atom stereocenters. The number of hydrogen-bond acceptors (Lipinski definition) is 2. The molecule has 0 unspecified atom stereocenters. The van der Waals surface area contributed by atoms with Crippen molar-refractivity contribution in [3.63, 3.8) is 0 Å². The number of nitrogens with zero attached hydrogens (tertiary/aromatic N) is 4. The summed E-state index contributed by atoms with van der Waals surface area (Å²) in [4.78, 5) is 6.44. The van der Waals surface area contributed by atoms with Gasteiger partial charge in [-0.2, -0.15) is 5.10 Å². The molecule has 6 heteroatoms. The molecule has 1 heterocycles. The molecule has 1 aromatic heterocycles. The Kier molecular flexibility index (Phi) is 5.66. The van der Waals surface area contributed by atoms with Crippen molar-refractivity contribution < 1.29 is 0 Å². The second kappa shape index (κ2) is 7.51. The fraction of sp³-hybridized carbons (Fsp3) is 0.412. The average molecular weight is 334 g/mol. The van der Waals surface area contributed by atoms with Gasteiger partial charge in [-0.3, -0.25) is 9.67 Å². The average Bonchev–Trinajstić information content (AvgIpc) is 2.73. The van der Waals surface area contributed by atoms with Crippen LogP contribution in [0.3, 0.4) is 0 Å². The smallest absolute Gasteiger partial charge is 0.193 e. The Balaban J connectivity index is 2.02. The Morgan fingerprint density at radius 1 is 1.39 bits per heavy atom. The van der Waals surface area contributed by atoms with Gasteiger partial charge in [-0.05, 0) is 31.5 Å². The van der Waals surface area contributed by atoms with Crippen molar-refractivity contribution in [3.05, 3.63) is 51.8 Å². The molecule has 1 N–H and O–H groups in total. The van der Waals surface area contributed by atoms with E-state index in [1.54, 1.807) is 7.05 Å². The number of nitrogens with one attached hydrogen (secondary N) is 1. The predicted molar refractivity (Wildman–Crippen MR) is 95.8 cm³/mol. The Hall–Kier alpha value is -2.01. The van der Waals surface area contributed by atoms with Crippen LogP contribution in [0.15, 0.2) is 29.3 Å². The van der Waals surface area contributed by atoms with E-state index < -0.39 is 0 Å². The van der Waals surface area contributed by atoms with Gasteiger partial charge in [-0.1, -0.05) is 23.7 Å². The minimum atomic E-state index is 0.706. The maximum absolute atomic E-state index is 6.05. The molecule has 0 aliphatic heterocycles. The third-order valence-electron chi connectivity index (χ3n) is 3.96. The molecule has 0 fully saturated rings. The number of aromatic nitrogens is 2. The normalized spacial score (nSPS) is 11.7. The Morgan fingerprint density at radius 3 is 2.70 bits per heavy atom. The van der Waals surface area contributed by atoms with Crippen molar-refractivity contribution in [2.24, 2.45) is 12.0 Å². The molecule has 0 aliphatic rings. The number of rotatable bonds is 4. The maximum atomic E-state index is 6.05. The van der Waals surface area contributed by atoms with Crippen molar-refractivity contribution in [2.45, 2.75) is 26.9 Å². The van der Waals surface area contributed by atoms with Crippen molar-refractivity contribution in [3.8, 4) is 0 Å². The van der Waals surface area contributed by atoms with Crippen LogP contribution >= 0.6 is 11.6 Å². The van der Waals surface area contributed by atoms with Crippen LogP contribution < -0.4 is 5.32 Å². The Labute approximate surface area is 143 Å². The minimum Gasteiger partial charge on any atom is -0.352 e. The molecular formula is C17H24ClN5. The molecule has 2 aromatic rings. The standard InChI is InChI=1S/C17H24ClN5/c1-12-16(13(2)23(5)21-12)10-20-17(19-3)22(4)11-14-7-6-8-15(18)9-14/h6-9H,10-11H2,1-5H3,(H,19,20). The van der Waals surface area contributed by atoms with Gasteiger partial charge in [0.05, 0.1) is 5.69 Å². The lowest BCUT2D eigenvalue weighted by atomic mass is 10.2. The van der Waals surface area contributed by atoms with Crippen LogP contribution in [-0.4, -0.2) is 34.7 Å². The van der Waals surface area contributed by atoms with E-state index >= 15 is 0 Å². The molecule has 1 aromatic carbocycles. The summed E-state index contributed by atoms with van der Waals surface area (Å²) in [6, 6.07) is 7.88. The number of guanidine groups is 1. The van der Waals surface area contributed by atoms with E-state index in [9.17, 15) is 0 Å². The molecule has 5 nitrogen and oxygen atoms in total. The Bertz CT molecular complexity index is 705. The van der Waals surface area contributed by atoms with Crippen LogP contribution in [0.1, 0.15) is 22.5 Å². The number of halogens is 1. The van der Waals surface area contributed by atoms with E-state index in [1.807, 2.05) is 43.9 Å². The van der Waals surface area contributed by atoms with E-state index in [4.69, 9.17) is 11.6 Å². The predicted octanol–water partition coefficient (Wildman–Crippen LogP) is 2.90. The lowest BCUT2D eigenvalue weighted by Crippen LogP contribution is -2.38. The van der Waals surface area contributed by atoms with E-state index in [0.717, 1.165) is 28.8 Å². The van der Waals surface area contributed by atoms with E-state index in [-0.39, 0.29) is 0 Å². The number of aryl methyl sites for hydroxylation is 2. The highest BCUT2D eigenvalue weighted by molar-refractivity contribution is 6.30. The van der Waals surface area contributed by atoms with Gasteiger partial charge in [0.15, 0.2) is 5.96 Å². The molecule has 124 valence electrons. The minimum absolute atomic E-state index is 0.706. The quantitative estimate of drug-likeness (QED) is 0.691. The monoisotopic (exact) mass is 333 g/mol. The topological polar surface area (TPSA) is 45.5 Å². The van der Waals surface area contributed by atoms with Crippen molar-refractivity contribution in [1.82, 2.24) is 20.0 Å². The molecule has 0 amide bonds. The summed E-state index contributed by atoms with van der Waals surface area (Å²) in [6.07, 6.45) is 0. The van der Waals surface area contributed by atoms with Gasteiger partial charge in [-0.25, -0.2) is 0 Å². The molecule has 0 saturated heterocycles. The Morgan fingerprint density at radius 2 is 2.13 bits per heavy atom. The van der Waals surface area contributed by atoms with Crippen LogP contribution in [0.2, 0.25) is 5.02 Å². The van der Waals surface area contributed by atoms with Crippen molar-refractivity contribution in [1.29, 1.82) is 0 Å². The second-order valence-corrected chi connectivity index (χ2v) is 6.10. The van der Waals surface area contributed by atoms with Crippen LogP contribution in [0, 0.1) is 13.8 Å². The highest BCUT2D eigenvalue weighted by Gasteiger charge is 2.12. The fourth-order valence-corrected chi connectivity index (χ4v) is 2.82. The zero-order valence-electron chi connectivity index (χ0n) is 14.4. The van der Waals surface area contributed by atoms with Crippen molar-refractivity contribution in [2.75, 3.05) is 14.1 Å². The molecule has 0 aliphatic carbocycles. The summed E-state index contributed by atoms with van der Waals surface area (Å²) < 4.78 is 1.91. The molecule has 23 heavy (non-hydrogen) atoms. The lowest BCUT2D eigenvalue weighted by Gasteiger charge is -2.22. The lowest BCUT2D eigenvalue weighted by molar-refractivity contribution is 0.476. The summed E-state index contributed by atoms with van der Waals surface area (Å²) in [5.74, 6) is 0.840. The van der Waals surface area contributed by atoms with Gasteiger partial charge >= 0.3 is 0 Å². The first kappa shape index (κ1) is 17.3. The fourth-order valence-electron chi connectivity index (χ4n) is 2.61. The highest BCUT2D eigenvalue weighted by Crippen LogP contribution is 2.13. The van der Waals surface area contributed by atoms with E-state index in [1.165, 1.54) is 11.3 Å². The molecule has 0 radical (unpaired) electrons. The second-order valence-electron chi connectivity index (χ2n) is 5.66. The number of hydrogen-bond donors (Lipinski definition) is 1. The van der Waals surface area contributed by atoms with E-state index in [0.29, 0.717) is 6.54 Å². The summed E-state index contributed by atoms with van der Waals surface area (Å²) in [5, 5.41) is 8.60. The van der Waals surface area contributed by atoms with Gasteiger partial charge in [0.1, 0.15) is 0 Å². The van der Waals surface area contributed by atoms with Crippen LogP contribution in [0.4, 0.5) is 0 Å². The SMILES string of the molecule is CN=C(NCc1c(C)nn(C)c1C)N(C)Cc1cccc(Cl)c1. The third-order valence-corrected chi connectivity index (χ3v) is 4.20. The molecular weight excluding hydrogens is 310 g/mol. The summed E-state index contributed by atoms with van der Waals surface area (Å²) in [5.41, 5.74) is 4.58.